The van der Waals surface area contributed by atoms with Gasteiger partial charge in [-0.05, 0) is 42.6 Å². The molecule has 118 valence electrons. The van der Waals surface area contributed by atoms with Crippen molar-refractivity contribution in [2.24, 2.45) is 0 Å². The molecule has 0 aliphatic heterocycles. The first-order chi connectivity index (χ1) is 10.7. The van der Waals surface area contributed by atoms with E-state index in [-0.39, 0.29) is 5.91 Å². The predicted octanol–water partition coefficient (Wildman–Crippen LogP) is 3.72. The number of anilines is 1. The molecule has 0 aliphatic rings. The lowest BCUT2D eigenvalue weighted by Crippen LogP contribution is -2.30. The summed E-state index contributed by atoms with van der Waals surface area (Å²) in [5.41, 5.74) is 0.871. The number of carbonyl (C=O) groups excluding carboxylic acids is 1. The predicted molar refractivity (Wildman–Crippen MR) is 89.6 cm³/mol. The standard InChI is InChI=1S/C17H21NO3S/c1-3-21-11-10-17(19)18(13-16-5-4-12-22-16)14-6-8-15(20-2)9-7-14/h4-9,12H,3,10-11,13H2,1-2H3. The van der Waals surface area contributed by atoms with Crippen LogP contribution >= 0.6 is 11.3 Å². The maximum absolute atomic E-state index is 12.5. The van der Waals surface area contributed by atoms with Gasteiger partial charge in [-0.15, -0.1) is 11.3 Å². The number of nitrogens with zero attached hydrogens (tertiary/aromatic N) is 1. The van der Waals surface area contributed by atoms with E-state index in [1.807, 2.05) is 48.7 Å². The summed E-state index contributed by atoms with van der Waals surface area (Å²) in [7, 11) is 1.63. The fourth-order valence-electron chi connectivity index (χ4n) is 2.08. The Morgan fingerprint density at radius 2 is 2.00 bits per heavy atom. The van der Waals surface area contributed by atoms with Crippen LogP contribution in [0.5, 0.6) is 5.75 Å². The van der Waals surface area contributed by atoms with Crippen LogP contribution in [0.2, 0.25) is 0 Å². The van der Waals surface area contributed by atoms with Crippen LogP contribution in [0, 0.1) is 0 Å². The molecule has 1 aromatic carbocycles. The molecule has 0 N–H and O–H groups in total. The SMILES string of the molecule is CCOCCC(=O)N(Cc1cccs1)c1ccc(OC)cc1. The molecule has 1 aromatic heterocycles. The third-order valence-corrected chi connectivity index (χ3v) is 4.10. The summed E-state index contributed by atoms with van der Waals surface area (Å²) in [5, 5.41) is 2.02. The molecule has 0 fully saturated rings. The molecular formula is C17H21NO3S. The van der Waals surface area contributed by atoms with Crippen LogP contribution in [0.15, 0.2) is 41.8 Å². The summed E-state index contributed by atoms with van der Waals surface area (Å²) in [5.74, 6) is 0.841. The molecule has 0 saturated heterocycles. The second-order valence-electron chi connectivity index (χ2n) is 4.70. The van der Waals surface area contributed by atoms with E-state index in [9.17, 15) is 4.79 Å². The summed E-state index contributed by atoms with van der Waals surface area (Å²) < 4.78 is 10.5. The van der Waals surface area contributed by atoms with Gasteiger partial charge >= 0.3 is 0 Å². The maximum atomic E-state index is 12.5. The zero-order valence-electron chi connectivity index (χ0n) is 13.0. The number of benzene rings is 1. The van der Waals surface area contributed by atoms with Gasteiger partial charge in [0.15, 0.2) is 0 Å². The maximum Gasteiger partial charge on any atom is 0.229 e. The van der Waals surface area contributed by atoms with Gasteiger partial charge in [0.2, 0.25) is 5.91 Å². The first-order valence-corrected chi connectivity index (χ1v) is 8.17. The molecule has 0 spiro atoms. The van der Waals surface area contributed by atoms with E-state index >= 15 is 0 Å². The van der Waals surface area contributed by atoms with Crippen LogP contribution in [0.25, 0.3) is 0 Å². The third kappa shape index (κ3) is 4.58. The molecule has 0 saturated carbocycles. The van der Waals surface area contributed by atoms with Crippen molar-refractivity contribution >= 4 is 22.9 Å². The molecular weight excluding hydrogens is 298 g/mol. The first-order valence-electron chi connectivity index (χ1n) is 7.29. The highest BCUT2D eigenvalue weighted by Crippen LogP contribution is 2.23. The lowest BCUT2D eigenvalue weighted by molar-refractivity contribution is -0.119. The van der Waals surface area contributed by atoms with Gasteiger partial charge in [-0.2, -0.15) is 0 Å². The minimum atomic E-state index is 0.0621. The first kappa shape index (κ1) is 16.5. The summed E-state index contributed by atoms with van der Waals surface area (Å²) in [6, 6.07) is 11.6. The monoisotopic (exact) mass is 319 g/mol. The molecule has 4 nitrogen and oxygen atoms in total. The number of hydrogen-bond donors (Lipinski definition) is 0. The summed E-state index contributed by atoms with van der Waals surface area (Å²) in [6.07, 6.45) is 0.380. The highest BCUT2D eigenvalue weighted by atomic mass is 32.1. The second-order valence-corrected chi connectivity index (χ2v) is 5.74. The van der Waals surface area contributed by atoms with Gasteiger partial charge in [0.25, 0.3) is 0 Å². The minimum absolute atomic E-state index is 0.0621. The van der Waals surface area contributed by atoms with Gasteiger partial charge in [0.05, 0.1) is 26.7 Å². The van der Waals surface area contributed by atoms with Crippen molar-refractivity contribution in [2.75, 3.05) is 25.2 Å². The number of thiophene rings is 1. The third-order valence-electron chi connectivity index (χ3n) is 3.24. The van der Waals surface area contributed by atoms with Crippen LogP contribution in [0.1, 0.15) is 18.2 Å². The Balaban J connectivity index is 2.14. The summed E-state index contributed by atoms with van der Waals surface area (Å²) in [4.78, 5) is 15.5. The van der Waals surface area contributed by atoms with Crippen molar-refractivity contribution in [1.29, 1.82) is 0 Å². The lowest BCUT2D eigenvalue weighted by atomic mass is 10.2. The van der Waals surface area contributed by atoms with Crippen molar-refractivity contribution in [3.63, 3.8) is 0 Å². The zero-order chi connectivity index (χ0) is 15.8. The molecule has 0 atom stereocenters. The number of carbonyl (C=O) groups is 1. The Bertz CT molecular complexity index is 566. The Kier molecular flexibility index (Phi) is 6.43. The Labute approximate surface area is 135 Å². The van der Waals surface area contributed by atoms with E-state index in [4.69, 9.17) is 9.47 Å². The second kappa shape index (κ2) is 8.56. The van der Waals surface area contributed by atoms with E-state index in [1.54, 1.807) is 23.3 Å². The number of rotatable bonds is 8. The minimum Gasteiger partial charge on any atom is -0.497 e. The Hall–Kier alpha value is -1.85. The molecule has 2 aromatic rings. The normalized spacial score (nSPS) is 10.5. The number of hydrogen-bond acceptors (Lipinski definition) is 4. The average Bonchev–Trinajstić information content (AvgIpc) is 3.06. The molecule has 1 heterocycles. The van der Waals surface area contributed by atoms with Crippen molar-refractivity contribution in [1.82, 2.24) is 0 Å². The van der Waals surface area contributed by atoms with Crippen molar-refractivity contribution < 1.29 is 14.3 Å². The fraction of sp³-hybridized carbons (Fsp3) is 0.353. The van der Waals surface area contributed by atoms with Crippen molar-refractivity contribution in [3.05, 3.63) is 46.7 Å². The highest BCUT2D eigenvalue weighted by molar-refractivity contribution is 7.09. The molecule has 0 aliphatic carbocycles. The van der Waals surface area contributed by atoms with E-state index < -0.39 is 0 Å². The van der Waals surface area contributed by atoms with Crippen LogP contribution in [0.4, 0.5) is 5.69 Å². The zero-order valence-corrected chi connectivity index (χ0v) is 13.8. The Morgan fingerprint density at radius 3 is 2.59 bits per heavy atom. The van der Waals surface area contributed by atoms with Gasteiger partial charge in [-0.1, -0.05) is 6.07 Å². The smallest absolute Gasteiger partial charge is 0.229 e. The Morgan fingerprint density at radius 1 is 1.23 bits per heavy atom. The molecule has 5 heteroatoms. The topological polar surface area (TPSA) is 38.8 Å². The highest BCUT2D eigenvalue weighted by Gasteiger charge is 2.16. The van der Waals surface area contributed by atoms with E-state index in [2.05, 4.69) is 0 Å². The summed E-state index contributed by atoms with van der Waals surface area (Å²) >= 11 is 1.65. The molecule has 1 amide bonds. The molecule has 2 rings (SSSR count). The van der Waals surface area contributed by atoms with Gasteiger partial charge in [-0.3, -0.25) is 4.79 Å². The molecule has 0 radical (unpaired) electrons. The quantitative estimate of drug-likeness (QED) is 0.696. The molecule has 22 heavy (non-hydrogen) atoms. The summed E-state index contributed by atoms with van der Waals surface area (Å²) in [6.45, 7) is 3.58. The van der Waals surface area contributed by atoms with Crippen LogP contribution in [0.3, 0.4) is 0 Å². The number of amides is 1. The van der Waals surface area contributed by atoms with E-state index in [0.717, 1.165) is 16.3 Å². The van der Waals surface area contributed by atoms with Crippen molar-refractivity contribution in [2.45, 2.75) is 19.9 Å². The fourth-order valence-corrected chi connectivity index (χ4v) is 2.78. The lowest BCUT2D eigenvalue weighted by Gasteiger charge is -2.22. The van der Waals surface area contributed by atoms with Gasteiger partial charge in [0, 0.05) is 17.2 Å². The van der Waals surface area contributed by atoms with Crippen molar-refractivity contribution in [3.8, 4) is 5.75 Å². The number of ether oxygens (including phenoxy) is 2. The van der Waals surface area contributed by atoms with E-state index in [0.29, 0.717) is 26.2 Å². The molecule has 0 bridgehead atoms. The largest absolute Gasteiger partial charge is 0.497 e. The molecule has 0 unspecified atom stereocenters. The van der Waals surface area contributed by atoms with Crippen LogP contribution in [-0.4, -0.2) is 26.2 Å². The number of methoxy groups -OCH3 is 1. The van der Waals surface area contributed by atoms with Gasteiger partial charge in [0.1, 0.15) is 5.75 Å². The van der Waals surface area contributed by atoms with Gasteiger partial charge < -0.3 is 14.4 Å². The van der Waals surface area contributed by atoms with Crippen LogP contribution in [-0.2, 0) is 16.1 Å². The van der Waals surface area contributed by atoms with Crippen LogP contribution < -0.4 is 9.64 Å². The average molecular weight is 319 g/mol. The van der Waals surface area contributed by atoms with Gasteiger partial charge in [-0.25, -0.2) is 0 Å². The van der Waals surface area contributed by atoms with E-state index in [1.165, 1.54) is 0 Å².